The summed E-state index contributed by atoms with van der Waals surface area (Å²) in [5, 5.41) is 2.15. The Balaban J connectivity index is 0.00000562. The third-order valence-electron chi connectivity index (χ3n) is 12.5. The maximum Gasteiger partial charge on any atom is 2.00 e. The fourth-order valence-corrected chi connectivity index (χ4v) is 8.80. The average Bonchev–Trinajstić information content (AvgIpc) is 3.84. The number of halogens is 1. The quantitative estimate of drug-likeness (QED) is 0.118. The summed E-state index contributed by atoms with van der Waals surface area (Å²) >= 11 is 0. The zero-order chi connectivity index (χ0) is 46.1. The smallest absolute Gasteiger partial charge is 0.509 e. The van der Waals surface area contributed by atoms with Crippen molar-refractivity contribution < 1.29 is 30.2 Å². The molecule has 7 aromatic carbocycles. The topological polar surface area (TPSA) is 33.1 Å². The van der Waals surface area contributed by atoms with E-state index in [-0.39, 0.29) is 43.1 Å². The molecular weight excluding hydrogens is 1010 g/mol. The van der Waals surface area contributed by atoms with Gasteiger partial charge in [0.1, 0.15) is 17.3 Å². The molecule has 2 aromatic heterocycles. The van der Waals surface area contributed by atoms with Crippen LogP contribution < -0.4 is 13.9 Å². The molecule has 1 aliphatic heterocycles. The maximum absolute atomic E-state index is 14.9. The van der Waals surface area contributed by atoms with Crippen molar-refractivity contribution in [2.75, 3.05) is 0 Å². The number of pyridine rings is 1. The van der Waals surface area contributed by atoms with Crippen molar-refractivity contribution >= 4 is 50.6 Å². The van der Waals surface area contributed by atoms with Crippen molar-refractivity contribution in [3.05, 3.63) is 192 Å². The molecular formula is C60H53FN4OPt+2. The van der Waals surface area contributed by atoms with Gasteiger partial charge in [0.05, 0.1) is 5.56 Å². The van der Waals surface area contributed by atoms with Crippen molar-refractivity contribution in [3.8, 4) is 39.6 Å². The fourth-order valence-electron chi connectivity index (χ4n) is 8.80. The number of aromatic nitrogens is 2. The number of benzene rings is 7. The summed E-state index contributed by atoms with van der Waals surface area (Å²) in [5.74, 6) is 1.61. The molecule has 0 fully saturated rings. The molecule has 0 saturated carbocycles. The summed E-state index contributed by atoms with van der Waals surface area (Å²) < 4.78 is 27.9. The van der Waals surface area contributed by atoms with Crippen molar-refractivity contribution in [1.82, 2.24) is 18.7 Å². The number of fused-ring (bicyclic) bond motifs is 4. The third kappa shape index (κ3) is 8.73. The van der Waals surface area contributed by atoms with E-state index in [1.54, 1.807) is 12.1 Å². The van der Waals surface area contributed by atoms with E-state index in [9.17, 15) is 4.39 Å². The number of para-hydroxylation sites is 1. The number of hydrogen-bond donors (Lipinski definition) is 0. The van der Waals surface area contributed by atoms with E-state index in [0.29, 0.717) is 11.5 Å². The molecule has 0 unspecified atom stereocenters. The molecule has 9 aromatic rings. The van der Waals surface area contributed by atoms with E-state index < -0.39 is 0 Å². The molecule has 334 valence electrons. The largest absolute Gasteiger partial charge is 2.00 e. The van der Waals surface area contributed by atoms with Gasteiger partial charge in [0.15, 0.2) is 0 Å². The molecule has 3 heterocycles. The Bertz CT molecular complexity index is 3420. The molecule has 0 atom stereocenters. The average molecular weight is 1060 g/mol. The molecule has 0 amide bonds. The number of rotatable bonds is 7. The Labute approximate surface area is 407 Å². The summed E-state index contributed by atoms with van der Waals surface area (Å²) in [6.07, 6.45) is 1.89. The molecule has 0 radical (unpaired) electrons. The van der Waals surface area contributed by atoms with Crippen LogP contribution in [0.15, 0.2) is 158 Å². The van der Waals surface area contributed by atoms with Gasteiger partial charge in [-0.25, -0.2) is 9.37 Å². The van der Waals surface area contributed by atoms with Crippen LogP contribution in [0.2, 0.25) is 0 Å². The molecule has 1 aliphatic rings. The zero-order valence-electron chi connectivity index (χ0n) is 39.4. The van der Waals surface area contributed by atoms with Crippen LogP contribution in [0.3, 0.4) is 0 Å². The van der Waals surface area contributed by atoms with E-state index in [1.807, 2.05) is 53.2 Å². The molecule has 0 aliphatic carbocycles. The Morgan fingerprint density at radius 1 is 0.567 bits per heavy atom. The van der Waals surface area contributed by atoms with Gasteiger partial charge in [-0.15, -0.1) is 23.6 Å². The van der Waals surface area contributed by atoms with Crippen LogP contribution in [-0.2, 0) is 37.3 Å². The van der Waals surface area contributed by atoms with Crippen molar-refractivity contribution in [3.63, 3.8) is 0 Å². The Kier molecular flexibility index (Phi) is 11.7. The molecule has 0 spiro atoms. The molecule has 7 heteroatoms. The molecule has 0 bridgehead atoms. The van der Waals surface area contributed by atoms with Crippen molar-refractivity contribution in [2.45, 2.75) is 78.6 Å². The standard InChI is InChI=1S/C60H53FN4O.Pt/c1-58(2,3)42-28-29-62-56(35-42)65-53-27-24-40(39-16-11-10-12-17-39)31-52(53)51-26-25-49(37-55(51)65)66-48-21-14-20-46(36-48)63-38-64(47-33-43(59(4,5)6)32-44(34-47)60(7,8)9)57-50(22-15-23-54(57)63)41-18-13-19-45(61)30-41;/h10-35H,1-9H3;/q;+2. The monoisotopic (exact) mass is 1060 g/mol. The Morgan fingerprint density at radius 2 is 1.25 bits per heavy atom. The third-order valence-corrected chi connectivity index (χ3v) is 12.5. The molecule has 67 heavy (non-hydrogen) atoms. The van der Waals surface area contributed by atoms with Gasteiger partial charge in [-0.1, -0.05) is 151 Å². The number of nitrogens with zero attached hydrogens (tertiary/aromatic N) is 4. The second-order valence-electron chi connectivity index (χ2n) is 20.4. The van der Waals surface area contributed by atoms with Crippen LogP contribution in [0.4, 0.5) is 27.1 Å². The van der Waals surface area contributed by atoms with Crippen LogP contribution in [0.5, 0.6) is 11.5 Å². The van der Waals surface area contributed by atoms with Crippen molar-refractivity contribution in [1.29, 1.82) is 0 Å². The molecule has 0 saturated heterocycles. The predicted octanol–water partition coefficient (Wildman–Crippen LogP) is 15.8. The number of ether oxygens (including phenoxy) is 1. The van der Waals surface area contributed by atoms with Crippen molar-refractivity contribution in [2.24, 2.45) is 0 Å². The van der Waals surface area contributed by atoms with Crippen LogP contribution in [0, 0.1) is 17.9 Å². The van der Waals surface area contributed by atoms with E-state index in [2.05, 4.69) is 181 Å². The SMILES string of the molecule is CC(C)(C)c1cc([N+]2=C=[N+](c3[c-]c(Oc4[c-]c5c(cc4)c4cc(-c6ccccc6)ccc4n5-c4cc(C(C)(C)C)ccn4)ccc3)c3cccc(-c4cccc(F)c4)c32)cc(C(C)(C)C)c1.[Pt+2]. The summed E-state index contributed by atoms with van der Waals surface area (Å²) in [6, 6.07) is 62.1. The number of hydrogen-bond acceptors (Lipinski definition) is 2. The first-order valence-electron chi connectivity index (χ1n) is 22.6. The van der Waals surface area contributed by atoms with Gasteiger partial charge < -0.3 is 9.30 Å². The summed E-state index contributed by atoms with van der Waals surface area (Å²) in [7, 11) is 0. The van der Waals surface area contributed by atoms with E-state index in [4.69, 9.17) is 9.72 Å². The fraction of sp³-hybridized carbons (Fsp3) is 0.200. The van der Waals surface area contributed by atoms with Gasteiger partial charge in [0.2, 0.25) is 5.69 Å². The van der Waals surface area contributed by atoms with Crippen LogP contribution in [-0.4, -0.2) is 15.6 Å². The summed E-state index contributed by atoms with van der Waals surface area (Å²) in [5.41, 5.74) is 12.7. The maximum atomic E-state index is 14.9. The first kappa shape index (κ1) is 45.4. The van der Waals surface area contributed by atoms with Gasteiger partial charge in [0, 0.05) is 41.4 Å². The van der Waals surface area contributed by atoms with E-state index >= 15 is 0 Å². The summed E-state index contributed by atoms with van der Waals surface area (Å²) in [6.45, 7) is 20.1. The van der Waals surface area contributed by atoms with Crippen LogP contribution in [0.25, 0.3) is 49.9 Å². The van der Waals surface area contributed by atoms with Crippen LogP contribution in [0.1, 0.15) is 79.0 Å². The molecule has 0 N–H and O–H groups in total. The minimum absolute atomic E-state index is 0. The van der Waals surface area contributed by atoms with Gasteiger partial charge >= 0.3 is 32.8 Å². The summed E-state index contributed by atoms with van der Waals surface area (Å²) in [4.78, 5) is 4.92. The zero-order valence-corrected chi connectivity index (χ0v) is 41.7. The predicted molar refractivity (Wildman–Crippen MR) is 270 cm³/mol. The van der Waals surface area contributed by atoms with E-state index in [1.165, 1.54) is 22.8 Å². The van der Waals surface area contributed by atoms with Crippen LogP contribution >= 0.6 is 0 Å². The second-order valence-corrected chi connectivity index (χ2v) is 20.4. The minimum atomic E-state index is -0.288. The Hall–Kier alpha value is -6.71. The van der Waals surface area contributed by atoms with Gasteiger partial charge in [-0.2, -0.15) is 12.1 Å². The first-order chi connectivity index (χ1) is 31.5. The van der Waals surface area contributed by atoms with Gasteiger partial charge in [-0.05, 0) is 96.0 Å². The molecule has 5 nitrogen and oxygen atoms in total. The minimum Gasteiger partial charge on any atom is -0.509 e. The second kappa shape index (κ2) is 17.2. The van der Waals surface area contributed by atoms with Gasteiger partial charge in [0.25, 0.3) is 5.69 Å². The molecule has 10 rings (SSSR count). The normalized spacial score (nSPS) is 12.7. The van der Waals surface area contributed by atoms with Gasteiger partial charge in [-0.3, -0.25) is 0 Å². The van der Waals surface area contributed by atoms with E-state index in [0.717, 1.165) is 72.6 Å². The first-order valence-corrected chi connectivity index (χ1v) is 22.6. The Morgan fingerprint density at radius 3 is 1.97 bits per heavy atom.